The first-order chi connectivity index (χ1) is 21.1. The van der Waals surface area contributed by atoms with Crippen molar-refractivity contribution < 1.29 is 0 Å². The second-order valence-electron chi connectivity index (χ2n) is 10.6. The Morgan fingerprint density at radius 3 is 1.91 bits per heavy atom. The molecule has 0 radical (unpaired) electrons. The first-order valence-electron chi connectivity index (χ1n) is 13.9. The van der Waals surface area contributed by atoms with E-state index in [4.69, 9.17) is 4.98 Å². The molecule has 0 aliphatic heterocycles. The molecule has 0 saturated carbocycles. The minimum atomic E-state index is -0.122. The van der Waals surface area contributed by atoms with Crippen LogP contribution in [0.25, 0.3) is 71.6 Å². The van der Waals surface area contributed by atoms with Crippen LogP contribution in [0.5, 0.6) is 0 Å². The molecule has 0 amide bonds. The third kappa shape index (κ3) is 3.70. The highest BCUT2D eigenvalue weighted by molar-refractivity contribution is 6.19. The second-order valence-corrected chi connectivity index (χ2v) is 10.6. The number of hydrogen-bond donors (Lipinski definition) is 0. The number of imidazole rings is 1. The number of rotatable bonds is 3. The van der Waals surface area contributed by atoms with Gasteiger partial charge < -0.3 is 0 Å². The summed E-state index contributed by atoms with van der Waals surface area (Å²) >= 11 is 0. The van der Waals surface area contributed by atoms with Crippen molar-refractivity contribution in [2.45, 2.75) is 0 Å². The molecule has 0 bridgehead atoms. The average Bonchev–Trinajstić information content (AvgIpc) is 3.47. The monoisotopic (exact) mass is 548 g/mol. The van der Waals surface area contributed by atoms with E-state index in [1.807, 2.05) is 72.8 Å². The molecule has 8 rings (SSSR count). The van der Waals surface area contributed by atoms with Crippen LogP contribution in [0.2, 0.25) is 0 Å². The summed E-state index contributed by atoms with van der Waals surface area (Å²) in [4.78, 5) is 19.5. The molecular formula is C38H20N4O. The highest BCUT2D eigenvalue weighted by Crippen LogP contribution is 2.39. The van der Waals surface area contributed by atoms with Crippen LogP contribution in [0.15, 0.2) is 126 Å². The highest BCUT2D eigenvalue weighted by atomic mass is 16.1. The van der Waals surface area contributed by atoms with E-state index in [1.165, 1.54) is 0 Å². The molecule has 8 aromatic rings. The minimum absolute atomic E-state index is 0.122. The SMILES string of the molecule is N#Cc1ccc(-c2cc(-c3ccc(C#N)cc3)c3nc4c5cccc6c(-c7ccccc7)ccc(c(=O)n4c3c2)c65)cc1. The van der Waals surface area contributed by atoms with E-state index < -0.39 is 0 Å². The summed E-state index contributed by atoms with van der Waals surface area (Å²) in [5.74, 6) is 0. The number of aromatic nitrogens is 2. The molecule has 5 nitrogen and oxygen atoms in total. The Labute approximate surface area is 246 Å². The normalized spacial score (nSPS) is 11.3. The molecule has 198 valence electrons. The molecule has 0 spiro atoms. The fraction of sp³-hybridized carbons (Fsp3) is 0. The molecule has 0 aliphatic rings. The van der Waals surface area contributed by atoms with Gasteiger partial charge in [-0.1, -0.05) is 78.9 Å². The fourth-order valence-electron chi connectivity index (χ4n) is 6.17. The van der Waals surface area contributed by atoms with Crippen molar-refractivity contribution in [3.63, 3.8) is 0 Å². The molecule has 0 aliphatic carbocycles. The van der Waals surface area contributed by atoms with Gasteiger partial charge in [-0.05, 0) is 75.7 Å². The van der Waals surface area contributed by atoms with Crippen molar-refractivity contribution >= 4 is 38.2 Å². The van der Waals surface area contributed by atoms with Crippen LogP contribution >= 0.6 is 0 Å². The van der Waals surface area contributed by atoms with E-state index in [9.17, 15) is 15.3 Å². The van der Waals surface area contributed by atoms with Crippen LogP contribution in [-0.2, 0) is 0 Å². The maximum absolute atomic E-state index is 14.3. The van der Waals surface area contributed by atoms with Gasteiger partial charge in [-0.3, -0.25) is 9.20 Å². The van der Waals surface area contributed by atoms with Crippen molar-refractivity contribution in [1.82, 2.24) is 9.38 Å². The summed E-state index contributed by atoms with van der Waals surface area (Å²) in [5.41, 5.74) is 8.77. The molecule has 0 N–H and O–H groups in total. The molecule has 0 atom stereocenters. The van der Waals surface area contributed by atoms with Gasteiger partial charge in [0.25, 0.3) is 5.56 Å². The molecule has 0 fully saturated rings. The van der Waals surface area contributed by atoms with Crippen LogP contribution in [0.4, 0.5) is 0 Å². The summed E-state index contributed by atoms with van der Waals surface area (Å²) in [6, 6.07) is 43.5. The number of nitrogens with zero attached hydrogens (tertiary/aromatic N) is 4. The molecule has 5 heteroatoms. The third-order valence-electron chi connectivity index (χ3n) is 8.23. The van der Waals surface area contributed by atoms with E-state index in [1.54, 1.807) is 28.7 Å². The zero-order valence-electron chi connectivity index (χ0n) is 22.7. The number of fused-ring (bicyclic) bond motifs is 4. The van der Waals surface area contributed by atoms with Gasteiger partial charge in [-0.25, -0.2) is 4.98 Å². The average molecular weight is 549 g/mol. The lowest BCUT2D eigenvalue weighted by Gasteiger charge is -2.12. The molecule has 2 heterocycles. The smallest absolute Gasteiger partial charge is 0.264 e. The van der Waals surface area contributed by atoms with Crippen LogP contribution in [0, 0.1) is 22.7 Å². The fourth-order valence-corrected chi connectivity index (χ4v) is 6.17. The molecule has 43 heavy (non-hydrogen) atoms. The van der Waals surface area contributed by atoms with Gasteiger partial charge in [0.15, 0.2) is 0 Å². The van der Waals surface area contributed by atoms with Gasteiger partial charge in [-0.15, -0.1) is 0 Å². The zero-order valence-corrected chi connectivity index (χ0v) is 22.7. The van der Waals surface area contributed by atoms with E-state index >= 15 is 0 Å². The van der Waals surface area contributed by atoms with E-state index in [0.717, 1.165) is 49.5 Å². The standard InChI is InChI=1S/C38H20N4O/c39-21-23-9-13-25(14-10-23)28-19-33(27-15-11-24(22-40)12-16-27)36-34(20-28)42-37(41-36)31-8-4-7-30-29(26-5-2-1-3-6-26)17-18-32(35(30)31)38(42)43/h1-20H. The predicted molar refractivity (Wildman–Crippen MR) is 171 cm³/mol. The van der Waals surface area contributed by atoms with Crippen molar-refractivity contribution in [3.05, 3.63) is 143 Å². The van der Waals surface area contributed by atoms with Gasteiger partial charge in [0.1, 0.15) is 5.65 Å². The zero-order chi connectivity index (χ0) is 29.1. The maximum atomic E-state index is 14.3. The van der Waals surface area contributed by atoms with Crippen LogP contribution in [0.3, 0.4) is 0 Å². The lowest BCUT2D eigenvalue weighted by Crippen LogP contribution is -2.13. The van der Waals surface area contributed by atoms with Gasteiger partial charge >= 0.3 is 0 Å². The van der Waals surface area contributed by atoms with E-state index in [2.05, 4.69) is 36.4 Å². The van der Waals surface area contributed by atoms with Crippen molar-refractivity contribution in [1.29, 1.82) is 10.5 Å². The van der Waals surface area contributed by atoms with Crippen molar-refractivity contribution in [2.75, 3.05) is 0 Å². The van der Waals surface area contributed by atoms with E-state index in [-0.39, 0.29) is 5.56 Å². The molecule has 2 aromatic heterocycles. The second kappa shape index (κ2) is 9.38. The molecule has 0 saturated heterocycles. The van der Waals surface area contributed by atoms with Crippen LogP contribution < -0.4 is 5.56 Å². The Morgan fingerprint density at radius 1 is 0.558 bits per heavy atom. The maximum Gasteiger partial charge on any atom is 0.264 e. The number of benzene rings is 6. The molecule has 6 aromatic carbocycles. The van der Waals surface area contributed by atoms with Crippen LogP contribution in [-0.4, -0.2) is 9.38 Å². The summed E-state index contributed by atoms with van der Waals surface area (Å²) in [6.45, 7) is 0. The Hall–Kier alpha value is -6.30. The van der Waals surface area contributed by atoms with Crippen LogP contribution in [0.1, 0.15) is 11.1 Å². The number of nitriles is 2. The lowest BCUT2D eigenvalue weighted by atomic mass is 9.94. The number of pyridine rings is 1. The van der Waals surface area contributed by atoms with Gasteiger partial charge in [0.2, 0.25) is 0 Å². The Bertz CT molecular complexity index is 2520. The topological polar surface area (TPSA) is 81.9 Å². The Balaban J connectivity index is 1.50. The number of hydrogen-bond acceptors (Lipinski definition) is 4. The highest BCUT2D eigenvalue weighted by Gasteiger charge is 2.21. The lowest BCUT2D eigenvalue weighted by molar-refractivity contribution is 1.19. The molecular weight excluding hydrogens is 528 g/mol. The van der Waals surface area contributed by atoms with Gasteiger partial charge in [0, 0.05) is 21.7 Å². The first-order valence-corrected chi connectivity index (χ1v) is 13.9. The van der Waals surface area contributed by atoms with Gasteiger partial charge in [-0.2, -0.15) is 10.5 Å². The first kappa shape index (κ1) is 24.5. The summed E-state index contributed by atoms with van der Waals surface area (Å²) in [5, 5.41) is 22.2. The quantitative estimate of drug-likeness (QED) is 0.222. The predicted octanol–water partition coefficient (Wildman–Crippen LogP) is 8.34. The van der Waals surface area contributed by atoms with Crippen molar-refractivity contribution in [2.24, 2.45) is 0 Å². The van der Waals surface area contributed by atoms with Crippen molar-refractivity contribution in [3.8, 4) is 45.5 Å². The molecule has 0 unspecified atom stereocenters. The largest absolute Gasteiger partial charge is 0.268 e. The minimum Gasteiger partial charge on any atom is -0.268 e. The summed E-state index contributed by atoms with van der Waals surface area (Å²) < 4.78 is 1.73. The third-order valence-corrected chi connectivity index (χ3v) is 8.23. The summed E-state index contributed by atoms with van der Waals surface area (Å²) in [7, 11) is 0. The Morgan fingerprint density at radius 2 is 1.21 bits per heavy atom. The van der Waals surface area contributed by atoms with Gasteiger partial charge in [0.05, 0.1) is 34.3 Å². The summed E-state index contributed by atoms with van der Waals surface area (Å²) in [6.07, 6.45) is 0. The Kier molecular flexibility index (Phi) is 5.34. The van der Waals surface area contributed by atoms with E-state index in [0.29, 0.717) is 33.2 Å².